The van der Waals surface area contributed by atoms with E-state index in [1.54, 1.807) is 17.0 Å². The van der Waals surface area contributed by atoms with Crippen LogP contribution in [0.1, 0.15) is 23.8 Å². The van der Waals surface area contributed by atoms with Crippen LogP contribution in [-0.2, 0) is 4.74 Å². The number of rotatable bonds is 2. The molecule has 3 N–H and O–H groups in total. The van der Waals surface area contributed by atoms with E-state index < -0.39 is 0 Å². The molecule has 0 aliphatic carbocycles. The van der Waals surface area contributed by atoms with Crippen molar-refractivity contribution in [2.24, 2.45) is 0 Å². The molecule has 1 aliphatic rings. The fourth-order valence-corrected chi connectivity index (χ4v) is 2.50. The molecule has 6 nitrogen and oxygen atoms in total. The van der Waals surface area contributed by atoms with Gasteiger partial charge in [0.15, 0.2) is 5.69 Å². The van der Waals surface area contributed by atoms with E-state index in [-0.39, 0.29) is 12.0 Å². The molecule has 0 bridgehead atoms. The van der Waals surface area contributed by atoms with Crippen molar-refractivity contribution in [2.45, 2.75) is 19.4 Å². The highest BCUT2D eigenvalue weighted by molar-refractivity contribution is 6.05. The number of aromatic amines is 1. The normalized spacial score (nSPS) is 19.4. The lowest BCUT2D eigenvalue weighted by molar-refractivity contribution is -0.0227. The zero-order valence-electron chi connectivity index (χ0n) is 11.4. The van der Waals surface area contributed by atoms with Gasteiger partial charge in [-0.15, -0.1) is 0 Å². The number of carbonyl (C=O) groups excluding carboxylic acids is 1. The zero-order valence-corrected chi connectivity index (χ0v) is 11.4. The second kappa shape index (κ2) is 5.13. The monoisotopic (exact) mass is 274 g/mol. The maximum atomic E-state index is 12.6. The molecule has 20 heavy (non-hydrogen) atoms. The van der Waals surface area contributed by atoms with Crippen molar-refractivity contribution in [2.75, 3.05) is 25.4 Å². The number of benzene rings is 1. The number of aromatic nitrogens is 2. The van der Waals surface area contributed by atoms with Crippen LogP contribution in [-0.4, -0.2) is 46.8 Å². The van der Waals surface area contributed by atoms with Crippen LogP contribution in [0.3, 0.4) is 0 Å². The van der Waals surface area contributed by atoms with Crippen LogP contribution in [0.5, 0.6) is 0 Å². The zero-order chi connectivity index (χ0) is 14.1. The SMILES string of the molecule is CCC1CN(C(=O)c2n[nH]c3ccc(N)cc23)CCO1. The molecule has 1 aromatic carbocycles. The van der Waals surface area contributed by atoms with E-state index >= 15 is 0 Å². The quantitative estimate of drug-likeness (QED) is 0.811. The summed E-state index contributed by atoms with van der Waals surface area (Å²) >= 11 is 0. The van der Waals surface area contributed by atoms with Crippen LogP contribution in [0, 0.1) is 0 Å². The van der Waals surface area contributed by atoms with Gasteiger partial charge in [0.25, 0.3) is 5.91 Å². The third-order valence-corrected chi connectivity index (χ3v) is 3.67. The molecule has 6 heteroatoms. The fourth-order valence-electron chi connectivity index (χ4n) is 2.50. The number of nitrogens with zero attached hydrogens (tertiary/aromatic N) is 2. The maximum Gasteiger partial charge on any atom is 0.275 e. The number of morpholine rings is 1. The van der Waals surface area contributed by atoms with Gasteiger partial charge in [-0.05, 0) is 24.6 Å². The first-order chi connectivity index (χ1) is 9.69. The van der Waals surface area contributed by atoms with Gasteiger partial charge >= 0.3 is 0 Å². The average Bonchev–Trinajstić information content (AvgIpc) is 2.89. The first-order valence-corrected chi connectivity index (χ1v) is 6.83. The number of nitrogen functional groups attached to an aromatic ring is 1. The molecule has 1 atom stereocenters. The van der Waals surface area contributed by atoms with Gasteiger partial charge in [-0.3, -0.25) is 9.89 Å². The van der Waals surface area contributed by atoms with Crippen LogP contribution < -0.4 is 5.73 Å². The largest absolute Gasteiger partial charge is 0.399 e. The van der Waals surface area contributed by atoms with Crippen molar-refractivity contribution in [3.63, 3.8) is 0 Å². The summed E-state index contributed by atoms with van der Waals surface area (Å²) in [6.45, 7) is 3.86. The molecule has 3 rings (SSSR count). The Morgan fingerprint density at radius 3 is 3.25 bits per heavy atom. The minimum atomic E-state index is -0.0661. The molecule has 0 radical (unpaired) electrons. The highest BCUT2D eigenvalue weighted by Gasteiger charge is 2.26. The molecule has 2 aromatic rings. The van der Waals surface area contributed by atoms with E-state index in [9.17, 15) is 4.79 Å². The van der Waals surface area contributed by atoms with Gasteiger partial charge in [0.1, 0.15) is 0 Å². The van der Waals surface area contributed by atoms with Crippen molar-refractivity contribution in [1.29, 1.82) is 0 Å². The maximum absolute atomic E-state index is 12.6. The molecule has 0 spiro atoms. The van der Waals surface area contributed by atoms with Crippen molar-refractivity contribution < 1.29 is 9.53 Å². The smallest absolute Gasteiger partial charge is 0.275 e. The number of nitrogens with one attached hydrogen (secondary N) is 1. The lowest BCUT2D eigenvalue weighted by Crippen LogP contribution is -2.45. The molecule has 1 fully saturated rings. The summed E-state index contributed by atoms with van der Waals surface area (Å²) in [5.41, 5.74) is 7.67. The van der Waals surface area contributed by atoms with E-state index in [2.05, 4.69) is 17.1 Å². The Kier molecular flexibility index (Phi) is 3.31. The molecule has 1 unspecified atom stereocenters. The van der Waals surface area contributed by atoms with Crippen molar-refractivity contribution in [3.8, 4) is 0 Å². The van der Waals surface area contributed by atoms with Gasteiger partial charge in [-0.1, -0.05) is 6.92 Å². The highest BCUT2D eigenvalue weighted by Crippen LogP contribution is 2.21. The molecular formula is C14H18N4O2. The Balaban J connectivity index is 1.90. The summed E-state index contributed by atoms with van der Waals surface area (Å²) < 4.78 is 5.59. The van der Waals surface area contributed by atoms with E-state index in [0.717, 1.165) is 17.3 Å². The lowest BCUT2D eigenvalue weighted by atomic mass is 10.1. The minimum Gasteiger partial charge on any atom is -0.399 e. The number of nitrogens with two attached hydrogens (primary N) is 1. The highest BCUT2D eigenvalue weighted by atomic mass is 16.5. The Labute approximate surface area is 116 Å². The number of H-pyrrole nitrogens is 1. The van der Waals surface area contributed by atoms with Crippen LogP contribution in [0.4, 0.5) is 5.69 Å². The fraction of sp³-hybridized carbons (Fsp3) is 0.429. The topological polar surface area (TPSA) is 84.2 Å². The van der Waals surface area contributed by atoms with Crippen LogP contribution in [0.25, 0.3) is 10.9 Å². The molecule has 106 valence electrons. The second-order valence-corrected chi connectivity index (χ2v) is 5.03. The number of ether oxygens (including phenoxy) is 1. The summed E-state index contributed by atoms with van der Waals surface area (Å²) in [5, 5.41) is 7.80. The molecule has 1 amide bonds. The number of hydrogen-bond acceptors (Lipinski definition) is 4. The van der Waals surface area contributed by atoms with Gasteiger partial charge in [0.05, 0.1) is 18.2 Å². The van der Waals surface area contributed by atoms with Crippen LogP contribution in [0.2, 0.25) is 0 Å². The molecule has 1 aromatic heterocycles. The van der Waals surface area contributed by atoms with Crippen LogP contribution in [0.15, 0.2) is 18.2 Å². The molecular weight excluding hydrogens is 256 g/mol. The molecule has 2 heterocycles. The van der Waals surface area contributed by atoms with Crippen LogP contribution >= 0.6 is 0 Å². The molecule has 1 saturated heterocycles. The summed E-state index contributed by atoms with van der Waals surface area (Å²) in [7, 11) is 0. The minimum absolute atomic E-state index is 0.0661. The van der Waals surface area contributed by atoms with E-state index in [1.165, 1.54) is 0 Å². The van der Waals surface area contributed by atoms with E-state index in [0.29, 0.717) is 31.1 Å². The second-order valence-electron chi connectivity index (χ2n) is 5.03. The first-order valence-electron chi connectivity index (χ1n) is 6.83. The Bertz CT molecular complexity index is 637. The third kappa shape index (κ3) is 2.22. The number of carbonyl (C=O) groups is 1. The average molecular weight is 274 g/mol. The number of amides is 1. The van der Waals surface area contributed by atoms with Gasteiger partial charge in [0, 0.05) is 24.2 Å². The van der Waals surface area contributed by atoms with Crippen molar-refractivity contribution in [3.05, 3.63) is 23.9 Å². The van der Waals surface area contributed by atoms with Crippen molar-refractivity contribution in [1.82, 2.24) is 15.1 Å². The summed E-state index contributed by atoms with van der Waals surface area (Å²) in [6.07, 6.45) is 1.01. The van der Waals surface area contributed by atoms with E-state index in [4.69, 9.17) is 10.5 Å². The van der Waals surface area contributed by atoms with Gasteiger partial charge in [-0.2, -0.15) is 5.10 Å². The number of fused-ring (bicyclic) bond motifs is 1. The van der Waals surface area contributed by atoms with E-state index in [1.807, 2.05) is 6.07 Å². The predicted octanol–water partition coefficient (Wildman–Crippen LogP) is 1.40. The summed E-state index contributed by atoms with van der Waals surface area (Å²) in [5.74, 6) is -0.0661. The third-order valence-electron chi connectivity index (χ3n) is 3.67. The summed E-state index contributed by atoms with van der Waals surface area (Å²) in [4.78, 5) is 14.4. The van der Waals surface area contributed by atoms with Gasteiger partial charge in [0.2, 0.25) is 0 Å². The number of anilines is 1. The Morgan fingerprint density at radius 1 is 1.60 bits per heavy atom. The first kappa shape index (κ1) is 12.9. The number of hydrogen-bond donors (Lipinski definition) is 2. The van der Waals surface area contributed by atoms with Gasteiger partial charge in [-0.25, -0.2) is 0 Å². The Hall–Kier alpha value is -2.08. The Morgan fingerprint density at radius 2 is 2.45 bits per heavy atom. The van der Waals surface area contributed by atoms with Gasteiger partial charge < -0.3 is 15.4 Å². The summed E-state index contributed by atoms with van der Waals surface area (Å²) in [6, 6.07) is 5.41. The predicted molar refractivity (Wildman–Crippen MR) is 76.4 cm³/mol. The standard InChI is InChI=1S/C14H18N4O2/c1-2-10-8-18(5-6-20-10)14(19)13-11-7-9(15)3-4-12(11)16-17-13/h3-4,7,10H,2,5-6,8,15H2,1H3,(H,16,17). The van der Waals surface area contributed by atoms with Crippen molar-refractivity contribution >= 4 is 22.5 Å². The molecule has 1 aliphatic heterocycles. The molecule has 0 saturated carbocycles. The lowest BCUT2D eigenvalue weighted by Gasteiger charge is -2.32.